The number of H-pyrrole nitrogens is 1. The first-order valence-electron chi connectivity index (χ1n) is 6.09. The average Bonchev–Trinajstić information content (AvgIpc) is 2.87. The zero-order chi connectivity index (χ0) is 15.0. The monoisotopic (exact) mass is 364 g/mol. The maximum Gasteiger partial charge on any atom is 0.140 e. The van der Waals surface area contributed by atoms with E-state index in [-0.39, 0.29) is 5.82 Å². The summed E-state index contributed by atoms with van der Waals surface area (Å²) >= 11 is 8.60. The zero-order valence-corrected chi connectivity index (χ0v) is 13.4. The van der Waals surface area contributed by atoms with E-state index < -0.39 is 0 Å². The Morgan fingerprint density at radius 1 is 1.33 bits per heavy atom. The minimum Gasteiger partial charge on any atom is -0.339 e. The van der Waals surface area contributed by atoms with Crippen molar-refractivity contribution < 1.29 is 4.39 Å². The summed E-state index contributed by atoms with van der Waals surface area (Å²) in [5.74, 6) is 0.175. The molecule has 0 aliphatic heterocycles. The SMILES string of the molecule is Cn1cc(-c2cc(=S)nc(-c3cc(F)ccc3Br)[nH]2)cn1. The molecule has 0 unspecified atom stereocenters. The number of halogens is 2. The first kappa shape index (κ1) is 14.1. The van der Waals surface area contributed by atoms with Gasteiger partial charge in [-0.25, -0.2) is 9.37 Å². The second-order valence-corrected chi connectivity index (χ2v) is 5.78. The summed E-state index contributed by atoms with van der Waals surface area (Å²) in [4.78, 5) is 7.45. The largest absolute Gasteiger partial charge is 0.339 e. The number of aromatic amines is 1. The highest BCUT2D eigenvalue weighted by atomic mass is 79.9. The van der Waals surface area contributed by atoms with Gasteiger partial charge in [0.1, 0.15) is 16.3 Å². The minimum atomic E-state index is -0.332. The van der Waals surface area contributed by atoms with E-state index in [1.807, 2.05) is 13.2 Å². The molecule has 0 fully saturated rings. The van der Waals surface area contributed by atoms with Gasteiger partial charge in [-0.3, -0.25) is 4.68 Å². The van der Waals surface area contributed by atoms with Crippen molar-refractivity contribution in [3.8, 4) is 22.6 Å². The molecule has 0 atom stereocenters. The molecule has 7 heteroatoms. The van der Waals surface area contributed by atoms with Gasteiger partial charge >= 0.3 is 0 Å². The average molecular weight is 365 g/mol. The predicted molar refractivity (Wildman–Crippen MR) is 84.7 cm³/mol. The van der Waals surface area contributed by atoms with E-state index in [2.05, 4.69) is 31.0 Å². The van der Waals surface area contributed by atoms with Gasteiger partial charge in [0.05, 0.1) is 11.9 Å². The van der Waals surface area contributed by atoms with Gasteiger partial charge < -0.3 is 4.98 Å². The van der Waals surface area contributed by atoms with Crippen molar-refractivity contribution in [3.63, 3.8) is 0 Å². The normalized spacial score (nSPS) is 10.8. The molecule has 0 spiro atoms. The Morgan fingerprint density at radius 3 is 2.86 bits per heavy atom. The molecule has 1 aromatic carbocycles. The van der Waals surface area contributed by atoms with Crippen molar-refractivity contribution in [2.45, 2.75) is 0 Å². The van der Waals surface area contributed by atoms with Crippen LogP contribution in [0.5, 0.6) is 0 Å². The Balaban J connectivity index is 2.18. The molecular weight excluding hydrogens is 355 g/mol. The summed E-state index contributed by atoms with van der Waals surface area (Å²) in [6, 6.07) is 6.18. The zero-order valence-electron chi connectivity index (χ0n) is 11.0. The summed E-state index contributed by atoms with van der Waals surface area (Å²) in [6.45, 7) is 0. The summed E-state index contributed by atoms with van der Waals surface area (Å²) in [5.41, 5.74) is 2.29. The molecule has 0 aliphatic carbocycles. The van der Waals surface area contributed by atoms with Crippen LogP contribution in [0, 0.1) is 10.5 Å². The summed E-state index contributed by atoms with van der Waals surface area (Å²) in [7, 11) is 1.84. The Labute approximate surface area is 133 Å². The number of hydrogen-bond donors (Lipinski definition) is 1. The van der Waals surface area contributed by atoms with Crippen LogP contribution in [0.25, 0.3) is 22.6 Å². The fourth-order valence-electron chi connectivity index (χ4n) is 1.98. The predicted octanol–water partition coefficient (Wildman–Crippen LogP) is 4.11. The van der Waals surface area contributed by atoms with Gasteiger partial charge in [-0.15, -0.1) is 0 Å². The van der Waals surface area contributed by atoms with Crippen molar-refractivity contribution in [1.29, 1.82) is 0 Å². The molecule has 0 saturated heterocycles. The van der Waals surface area contributed by atoms with Gasteiger partial charge in [0.15, 0.2) is 0 Å². The molecule has 0 aliphatic rings. The van der Waals surface area contributed by atoms with Crippen molar-refractivity contribution in [2.75, 3.05) is 0 Å². The third-order valence-corrected chi connectivity index (χ3v) is 3.84. The smallest absolute Gasteiger partial charge is 0.140 e. The van der Waals surface area contributed by atoms with E-state index in [0.29, 0.717) is 16.0 Å². The fraction of sp³-hybridized carbons (Fsp3) is 0.0714. The standard InChI is InChI=1S/C14H10BrFN4S/c1-20-7-8(6-17-20)12-5-13(21)19-14(18-12)10-4-9(16)2-3-11(10)15/h2-7H,1H3,(H,18,19,21). The lowest BCUT2D eigenvalue weighted by molar-refractivity contribution is 0.628. The van der Waals surface area contributed by atoms with E-state index in [1.165, 1.54) is 12.1 Å². The Kier molecular flexibility index (Phi) is 3.69. The van der Waals surface area contributed by atoms with Crippen LogP contribution in [-0.4, -0.2) is 19.7 Å². The highest BCUT2D eigenvalue weighted by molar-refractivity contribution is 9.10. The lowest BCUT2D eigenvalue weighted by atomic mass is 10.2. The molecule has 4 nitrogen and oxygen atoms in total. The summed E-state index contributed by atoms with van der Waals surface area (Å²) in [6.07, 6.45) is 3.59. The van der Waals surface area contributed by atoms with E-state index in [0.717, 1.165) is 15.7 Å². The van der Waals surface area contributed by atoms with Crippen molar-refractivity contribution >= 4 is 28.1 Å². The van der Waals surface area contributed by atoms with Crippen LogP contribution in [0.4, 0.5) is 4.39 Å². The highest BCUT2D eigenvalue weighted by Gasteiger charge is 2.10. The maximum absolute atomic E-state index is 13.5. The van der Waals surface area contributed by atoms with E-state index in [1.54, 1.807) is 23.0 Å². The van der Waals surface area contributed by atoms with Gasteiger partial charge in [0.25, 0.3) is 0 Å². The Morgan fingerprint density at radius 2 is 2.14 bits per heavy atom. The topological polar surface area (TPSA) is 46.5 Å². The number of benzene rings is 1. The van der Waals surface area contributed by atoms with Gasteiger partial charge in [-0.1, -0.05) is 28.1 Å². The van der Waals surface area contributed by atoms with E-state index >= 15 is 0 Å². The van der Waals surface area contributed by atoms with E-state index in [9.17, 15) is 4.39 Å². The van der Waals surface area contributed by atoms with Crippen LogP contribution < -0.4 is 0 Å². The molecule has 0 bridgehead atoms. The third-order valence-electron chi connectivity index (χ3n) is 2.94. The lowest BCUT2D eigenvalue weighted by Gasteiger charge is -2.07. The van der Waals surface area contributed by atoms with Gasteiger partial charge in [0.2, 0.25) is 0 Å². The maximum atomic E-state index is 13.5. The first-order chi connectivity index (χ1) is 10.0. The first-order valence-corrected chi connectivity index (χ1v) is 7.29. The number of rotatable bonds is 2. The second kappa shape index (κ2) is 5.50. The molecule has 0 amide bonds. The molecule has 3 aromatic rings. The van der Waals surface area contributed by atoms with Gasteiger partial charge in [-0.05, 0) is 24.3 Å². The summed E-state index contributed by atoms with van der Waals surface area (Å²) in [5, 5.41) is 4.13. The van der Waals surface area contributed by atoms with Crippen LogP contribution in [0.3, 0.4) is 0 Å². The molecule has 2 aromatic heterocycles. The number of hydrogen-bond acceptors (Lipinski definition) is 3. The molecule has 0 saturated carbocycles. The quantitative estimate of drug-likeness (QED) is 0.696. The molecule has 106 valence electrons. The van der Waals surface area contributed by atoms with Crippen molar-refractivity contribution in [3.05, 3.63) is 51.6 Å². The number of nitrogens with zero attached hydrogens (tertiary/aromatic N) is 3. The van der Waals surface area contributed by atoms with Crippen LogP contribution >= 0.6 is 28.1 Å². The second-order valence-electron chi connectivity index (χ2n) is 4.51. The molecule has 0 radical (unpaired) electrons. The number of aryl methyl sites for hydroxylation is 1. The lowest BCUT2D eigenvalue weighted by Crippen LogP contribution is -1.94. The van der Waals surface area contributed by atoms with Crippen molar-refractivity contribution in [2.24, 2.45) is 7.05 Å². The summed E-state index contributed by atoms with van der Waals surface area (Å²) < 4.78 is 16.3. The Hall–Kier alpha value is -1.86. The van der Waals surface area contributed by atoms with Crippen LogP contribution in [0.2, 0.25) is 0 Å². The Bertz CT molecular complexity index is 871. The fourth-order valence-corrected chi connectivity index (χ4v) is 2.62. The van der Waals surface area contributed by atoms with Crippen LogP contribution in [0.15, 0.2) is 41.1 Å². The molecule has 21 heavy (non-hydrogen) atoms. The number of aromatic nitrogens is 4. The third kappa shape index (κ3) is 2.93. The van der Waals surface area contributed by atoms with Gasteiger partial charge in [0, 0.05) is 28.8 Å². The molecular formula is C14H10BrFN4S. The van der Waals surface area contributed by atoms with Gasteiger partial charge in [-0.2, -0.15) is 5.10 Å². The molecule has 1 N–H and O–H groups in total. The van der Waals surface area contributed by atoms with Crippen LogP contribution in [0.1, 0.15) is 0 Å². The van der Waals surface area contributed by atoms with E-state index in [4.69, 9.17) is 12.2 Å². The minimum absolute atomic E-state index is 0.332. The van der Waals surface area contributed by atoms with Crippen LogP contribution in [-0.2, 0) is 7.05 Å². The number of nitrogens with one attached hydrogen (secondary N) is 1. The molecule has 3 rings (SSSR count). The molecule has 2 heterocycles. The van der Waals surface area contributed by atoms with Crippen molar-refractivity contribution in [1.82, 2.24) is 19.7 Å². The highest BCUT2D eigenvalue weighted by Crippen LogP contribution is 2.28.